The van der Waals surface area contributed by atoms with Gasteiger partial charge in [-0.15, -0.1) is 0 Å². The van der Waals surface area contributed by atoms with Crippen LogP contribution in [-0.4, -0.2) is 24.0 Å². The number of hydrogen-bond donors (Lipinski definition) is 0. The first-order chi connectivity index (χ1) is 9.20. The molecule has 0 aliphatic heterocycles. The number of hydrogen-bond acceptors (Lipinski definition) is 3. The van der Waals surface area contributed by atoms with Crippen LogP contribution in [-0.2, 0) is 16.0 Å². The molecule has 1 aromatic carbocycles. The number of rotatable bonds is 6. The van der Waals surface area contributed by atoms with Crippen LogP contribution < -0.4 is 0 Å². The number of methoxy groups -OCH3 is 1. The Hall–Kier alpha value is -1.74. The van der Waals surface area contributed by atoms with Crippen molar-refractivity contribution in [1.82, 2.24) is 4.98 Å². The van der Waals surface area contributed by atoms with Gasteiger partial charge in [0.15, 0.2) is 0 Å². The van der Waals surface area contributed by atoms with Gasteiger partial charge in [0.2, 0.25) is 0 Å². The molecule has 0 saturated carbocycles. The quantitative estimate of drug-likeness (QED) is 0.798. The van der Waals surface area contributed by atoms with E-state index in [1.165, 1.54) is 0 Å². The monoisotopic (exact) mass is 257 g/mol. The van der Waals surface area contributed by atoms with Gasteiger partial charge in [0.25, 0.3) is 0 Å². The molecule has 1 aromatic heterocycles. The lowest BCUT2D eigenvalue weighted by atomic mass is 10.0. The fraction of sp³-hybridized carbons (Fsp3) is 0.375. The molecule has 2 rings (SSSR count). The summed E-state index contributed by atoms with van der Waals surface area (Å²) in [6.07, 6.45) is 3.71. The first-order valence-corrected chi connectivity index (χ1v) is 6.58. The lowest BCUT2D eigenvalue weighted by Gasteiger charge is -2.09. The molecule has 0 saturated heterocycles. The first kappa shape index (κ1) is 13.7. The zero-order valence-corrected chi connectivity index (χ0v) is 11.4. The lowest BCUT2D eigenvalue weighted by Crippen LogP contribution is -2.10. The molecule has 0 radical (unpaired) electrons. The van der Waals surface area contributed by atoms with E-state index in [0.29, 0.717) is 12.8 Å². The Kier molecular flexibility index (Phi) is 4.63. The molecule has 0 fully saturated rings. The van der Waals surface area contributed by atoms with Crippen LogP contribution in [0.3, 0.4) is 0 Å². The number of pyridine rings is 1. The zero-order chi connectivity index (χ0) is 13.7. The summed E-state index contributed by atoms with van der Waals surface area (Å²) in [7, 11) is 1.67. The highest BCUT2D eigenvalue weighted by molar-refractivity contribution is 5.88. The number of ketones is 1. The topological polar surface area (TPSA) is 39.2 Å². The van der Waals surface area contributed by atoms with Crippen LogP contribution in [0.15, 0.2) is 36.5 Å². The van der Waals surface area contributed by atoms with E-state index in [1.54, 1.807) is 13.3 Å². The van der Waals surface area contributed by atoms with Gasteiger partial charge < -0.3 is 4.74 Å². The van der Waals surface area contributed by atoms with E-state index in [9.17, 15) is 4.79 Å². The third-order valence-corrected chi connectivity index (χ3v) is 3.36. The van der Waals surface area contributed by atoms with E-state index in [-0.39, 0.29) is 11.9 Å². The summed E-state index contributed by atoms with van der Waals surface area (Å²) in [6, 6.07) is 9.85. The van der Waals surface area contributed by atoms with Gasteiger partial charge in [-0.2, -0.15) is 0 Å². The van der Waals surface area contributed by atoms with Crippen molar-refractivity contribution in [3.8, 4) is 0 Å². The molecular formula is C16H19NO2. The predicted octanol–water partition coefficient (Wildman–Crippen LogP) is 3.16. The van der Waals surface area contributed by atoms with Crippen molar-refractivity contribution in [2.24, 2.45) is 0 Å². The van der Waals surface area contributed by atoms with Crippen molar-refractivity contribution in [1.29, 1.82) is 0 Å². The molecule has 0 aliphatic carbocycles. The number of aromatic nitrogens is 1. The van der Waals surface area contributed by atoms with Crippen LogP contribution in [0.4, 0.5) is 0 Å². The molecule has 3 nitrogen and oxygen atoms in total. The van der Waals surface area contributed by atoms with E-state index in [0.717, 1.165) is 22.9 Å². The van der Waals surface area contributed by atoms with Gasteiger partial charge in [-0.05, 0) is 31.0 Å². The predicted molar refractivity (Wildman–Crippen MR) is 76.2 cm³/mol. The van der Waals surface area contributed by atoms with Crippen molar-refractivity contribution >= 4 is 16.7 Å². The SMILES string of the molecule is COC(C)CCC(=O)Cc1ccnc2ccccc12. The molecule has 19 heavy (non-hydrogen) atoms. The van der Waals surface area contributed by atoms with Crippen LogP contribution in [0.5, 0.6) is 0 Å². The summed E-state index contributed by atoms with van der Waals surface area (Å²) in [6.45, 7) is 1.98. The molecule has 0 aliphatic rings. The van der Waals surface area contributed by atoms with E-state index in [1.807, 2.05) is 37.3 Å². The summed E-state index contributed by atoms with van der Waals surface area (Å²) in [5.74, 6) is 0.250. The number of carbonyl (C=O) groups is 1. The molecule has 0 bridgehead atoms. The van der Waals surface area contributed by atoms with Crippen molar-refractivity contribution < 1.29 is 9.53 Å². The van der Waals surface area contributed by atoms with Crippen LogP contribution in [0, 0.1) is 0 Å². The number of nitrogens with zero attached hydrogens (tertiary/aromatic N) is 1. The fourth-order valence-corrected chi connectivity index (χ4v) is 2.09. The molecule has 1 unspecified atom stereocenters. The van der Waals surface area contributed by atoms with Crippen LogP contribution in [0.25, 0.3) is 10.9 Å². The van der Waals surface area contributed by atoms with Gasteiger partial charge in [-0.1, -0.05) is 18.2 Å². The normalized spacial score (nSPS) is 12.5. The lowest BCUT2D eigenvalue weighted by molar-refractivity contribution is -0.119. The molecule has 3 heteroatoms. The molecule has 1 atom stereocenters. The largest absolute Gasteiger partial charge is 0.382 e. The highest BCUT2D eigenvalue weighted by atomic mass is 16.5. The maximum absolute atomic E-state index is 12.0. The number of ether oxygens (including phenoxy) is 1. The minimum atomic E-state index is 0.137. The average molecular weight is 257 g/mol. The summed E-state index contributed by atoms with van der Waals surface area (Å²) < 4.78 is 5.16. The van der Waals surface area contributed by atoms with Crippen LogP contribution >= 0.6 is 0 Å². The summed E-state index contributed by atoms with van der Waals surface area (Å²) in [5.41, 5.74) is 2.00. The smallest absolute Gasteiger partial charge is 0.137 e. The third-order valence-electron chi connectivity index (χ3n) is 3.36. The Labute approximate surface area is 113 Å². The fourth-order valence-electron chi connectivity index (χ4n) is 2.09. The second kappa shape index (κ2) is 6.43. The second-order valence-electron chi connectivity index (χ2n) is 4.79. The standard InChI is InChI=1S/C16H19NO2/c1-12(19-2)7-8-14(18)11-13-9-10-17-16-6-4-3-5-15(13)16/h3-6,9-10,12H,7-8,11H2,1-2H3. The molecule has 2 aromatic rings. The number of fused-ring (bicyclic) bond motifs is 1. The van der Waals surface area contributed by atoms with E-state index in [2.05, 4.69) is 4.98 Å². The number of benzene rings is 1. The van der Waals surface area contributed by atoms with Crippen molar-refractivity contribution in [3.63, 3.8) is 0 Å². The minimum absolute atomic E-state index is 0.137. The average Bonchev–Trinajstić information content (AvgIpc) is 2.45. The van der Waals surface area contributed by atoms with Gasteiger partial charge in [-0.3, -0.25) is 9.78 Å². The van der Waals surface area contributed by atoms with Crippen molar-refractivity contribution in [2.45, 2.75) is 32.3 Å². The molecule has 0 amide bonds. The highest BCUT2D eigenvalue weighted by Gasteiger charge is 2.09. The Bertz CT molecular complexity index is 560. The summed E-state index contributed by atoms with van der Waals surface area (Å²) in [4.78, 5) is 16.3. The van der Waals surface area contributed by atoms with Gasteiger partial charge >= 0.3 is 0 Å². The maximum atomic E-state index is 12.0. The van der Waals surface area contributed by atoms with Crippen molar-refractivity contribution in [2.75, 3.05) is 7.11 Å². The summed E-state index contributed by atoms with van der Waals surface area (Å²) >= 11 is 0. The third kappa shape index (κ3) is 3.61. The van der Waals surface area contributed by atoms with E-state index in [4.69, 9.17) is 4.74 Å². The first-order valence-electron chi connectivity index (χ1n) is 6.58. The highest BCUT2D eigenvalue weighted by Crippen LogP contribution is 2.17. The van der Waals surface area contributed by atoms with Gasteiger partial charge in [-0.25, -0.2) is 0 Å². The van der Waals surface area contributed by atoms with E-state index < -0.39 is 0 Å². The Morgan fingerprint density at radius 3 is 2.89 bits per heavy atom. The van der Waals surface area contributed by atoms with Gasteiger partial charge in [0.1, 0.15) is 5.78 Å². The molecule has 100 valence electrons. The van der Waals surface area contributed by atoms with Crippen LogP contribution in [0.1, 0.15) is 25.3 Å². The Morgan fingerprint density at radius 2 is 2.11 bits per heavy atom. The maximum Gasteiger partial charge on any atom is 0.137 e. The Balaban J connectivity index is 2.07. The zero-order valence-electron chi connectivity index (χ0n) is 11.4. The second-order valence-corrected chi connectivity index (χ2v) is 4.79. The molecule has 1 heterocycles. The van der Waals surface area contributed by atoms with Gasteiger partial charge in [0, 0.05) is 31.5 Å². The number of Topliss-reactive ketones (excluding diaryl/α,β-unsaturated/α-hetero) is 1. The van der Waals surface area contributed by atoms with E-state index >= 15 is 0 Å². The number of para-hydroxylation sites is 1. The summed E-state index contributed by atoms with van der Waals surface area (Å²) in [5, 5.41) is 1.07. The van der Waals surface area contributed by atoms with Crippen molar-refractivity contribution in [3.05, 3.63) is 42.1 Å². The molecule has 0 N–H and O–H groups in total. The number of carbonyl (C=O) groups excluding carboxylic acids is 1. The molecular weight excluding hydrogens is 238 g/mol. The Morgan fingerprint density at radius 1 is 1.32 bits per heavy atom. The molecule has 0 spiro atoms. The van der Waals surface area contributed by atoms with Gasteiger partial charge in [0.05, 0.1) is 11.6 Å². The van der Waals surface area contributed by atoms with Crippen LogP contribution in [0.2, 0.25) is 0 Å². The minimum Gasteiger partial charge on any atom is -0.382 e.